The molecular weight excluding hydrogens is 156 g/mol. The highest BCUT2D eigenvalue weighted by molar-refractivity contribution is 8.16. The Hall–Kier alpha value is 0.610. The van der Waals surface area contributed by atoms with Gasteiger partial charge in [-0.15, -0.1) is 25.3 Å². The fraction of sp³-hybridized carbons (Fsp3) is 1.00. The summed E-state index contributed by atoms with van der Waals surface area (Å²) in [6, 6.07) is 0. The third-order valence-electron chi connectivity index (χ3n) is 0.266. The van der Waals surface area contributed by atoms with E-state index >= 15 is 0 Å². The maximum atomic E-state index is 9.73. The van der Waals surface area contributed by atoms with Crippen molar-refractivity contribution in [3.8, 4) is 0 Å². The van der Waals surface area contributed by atoms with Crippen molar-refractivity contribution in [1.82, 2.24) is 0 Å². The van der Waals surface area contributed by atoms with Gasteiger partial charge in [-0.2, -0.15) is 8.42 Å². The molecule has 7 heavy (non-hydrogen) atoms. The zero-order valence-corrected chi connectivity index (χ0v) is 5.75. The van der Waals surface area contributed by atoms with E-state index in [-0.39, 0.29) is 0 Å². The van der Waals surface area contributed by atoms with Crippen molar-refractivity contribution < 1.29 is 13.0 Å². The van der Waals surface area contributed by atoms with Gasteiger partial charge in [0.25, 0.3) is 10.1 Å². The summed E-state index contributed by atoms with van der Waals surface area (Å²) in [5.74, 6) is 0. The zero-order valence-electron chi connectivity index (χ0n) is 3.14. The second kappa shape index (κ2) is 2.25. The Morgan fingerprint density at radius 3 is 1.57 bits per heavy atom. The van der Waals surface area contributed by atoms with Crippen LogP contribution < -0.4 is 0 Å². The first kappa shape index (κ1) is 7.61. The first-order chi connectivity index (χ1) is 2.94. The Balaban J connectivity index is 4.10. The molecule has 1 N–H and O–H groups in total. The molecule has 0 atom stereocenters. The van der Waals surface area contributed by atoms with Crippen LogP contribution in [0.3, 0.4) is 0 Å². The summed E-state index contributed by atoms with van der Waals surface area (Å²) in [7, 11) is -4.01. The molecule has 0 saturated heterocycles. The molecule has 0 rings (SSSR count). The summed E-state index contributed by atoms with van der Waals surface area (Å²) in [5.41, 5.74) is 0. The van der Waals surface area contributed by atoms with Gasteiger partial charge in [-0.1, -0.05) is 0 Å². The van der Waals surface area contributed by atoms with Crippen LogP contribution in [0, 0.1) is 0 Å². The van der Waals surface area contributed by atoms with Crippen molar-refractivity contribution in [3.63, 3.8) is 0 Å². The van der Waals surface area contributed by atoms with Crippen molar-refractivity contribution in [3.05, 3.63) is 0 Å². The van der Waals surface area contributed by atoms with Gasteiger partial charge in [0.05, 0.1) is 0 Å². The van der Waals surface area contributed by atoms with E-state index in [0.29, 0.717) is 0 Å². The minimum absolute atomic E-state index is 1.28. The standard InChI is InChI=1S/CH4O3S3/c2-7(3,4)1(5)6/h1,5-6H,(H,2,3,4). The van der Waals surface area contributed by atoms with Crippen LogP contribution in [0.5, 0.6) is 0 Å². The molecule has 44 valence electrons. The van der Waals surface area contributed by atoms with Crippen molar-refractivity contribution in [2.75, 3.05) is 0 Å². The van der Waals surface area contributed by atoms with E-state index in [1.54, 1.807) is 0 Å². The van der Waals surface area contributed by atoms with E-state index in [4.69, 9.17) is 4.55 Å². The molecule has 0 aromatic heterocycles. The number of hydrogen-bond donors (Lipinski definition) is 3. The summed E-state index contributed by atoms with van der Waals surface area (Å²) in [4.78, 5) is 0. The molecule has 0 aromatic carbocycles. The smallest absolute Gasteiger partial charge is 0.284 e. The number of hydrogen-bond acceptors (Lipinski definition) is 4. The molecule has 0 bridgehead atoms. The Bertz CT molecular complexity index is 132. The molecule has 0 aliphatic heterocycles. The Kier molecular flexibility index (Phi) is 2.45. The molecule has 0 aliphatic rings. The van der Waals surface area contributed by atoms with Crippen LogP contribution in [0.2, 0.25) is 0 Å². The van der Waals surface area contributed by atoms with E-state index in [1.807, 2.05) is 0 Å². The van der Waals surface area contributed by atoms with Gasteiger partial charge in [-0.3, -0.25) is 4.55 Å². The molecule has 0 saturated carbocycles. The fourth-order valence-corrected chi connectivity index (χ4v) is 0. The highest BCUT2D eigenvalue weighted by atomic mass is 32.3. The van der Waals surface area contributed by atoms with Crippen LogP contribution in [-0.4, -0.2) is 16.9 Å². The van der Waals surface area contributed by atoms with Crippen LogP contribution in [0.15, 0.2) is 0 Å². The third-order valence-corrected chi connectivity index (χ3v) is 2.40. The molecule has 0 aromatic rings. The summed E-state index contributed by atoms with van der Waals surface area (Å²) >= 11 is 6.61. The van der Waals surface area contributed by atoms with Crippen molar-refractivity contribution >= 4 is 35.4 Å². The van der Waals surface area contributed by atoms with Gasteiger partial charge in [-0.25, -0.2) is 0 Å². The topological polar surface area (TPSA) is 54.4 Å². The molecule has 0 spiro atoms. The lowest BCUT2D eigenvalue weighted by Gasteiger charge is -1.93. The van der Waals surface area contributed by atoms with Crippen molar-refractivity contribution in [2.45, 2.75) is 3.91 Å². The molecule has 0 amide bonds. The minimum Gasteiger partial charge on any atom is -0.284 e. The minimum atomic E-state index is -4.01. The normalized spacial score (nSPS) is 12.6. The molecule has 3 nitrogen and oxygen atoms in total. The number of rotatable bonds is 1. The van der Waals surface area contributed by atoms with Crippen LogP contribution in [0.1, 0.15) is 0 Å². The molecule has 0 heterocycles. The summed E-state index contributed by atoms with van der Waals surface area (Å²) < 4.78 is 26.1. The summed E-state index contributed by atoms with van der Waals surface area (Å²) in [6.45, 7) is 0. The van der Waals surface area contributed by atoms with Crippen LogP contribution in [-0.2, 0) is 10.1 Å². The average Bonchev–Trinajstić information content (AvgIpc) is 1.31. The average molecular weight is 160 g/mol. The lowest BCUT2D eigenvalue weighted by molar-refractivity contribution is 0.487. The molecule has 6 heteroatoms. The Morgan fingerprint density at radius 1 is 1.43 bits per heavy atom. The first-order valence-electron chi connectivity index (χ1n) is 1.27. The molecule has 0 fully saturated rings. The number of thiol groups is 2. The van der Waals surface area contributed by atoms with Crippen LogP contribution >= 0.6 is 25.3 Å². The predicted molar refractivity (Wildman–Crippen MR) is 33.3 cm³/mol. The van der Waals surface area contributed by atoms with Gasteiger partial charge in [0.2, 0.25) is 0 Å². The largest absolute Gasteiger partial charge is 0.286 e. The van der Waals surface area contributed by atoms with Gasteiger partial charge in [0.1, 0.15) is 0 Å². The van der Waals surface area contributed by atoms with E-state index in [2.05, 4.69) is 25.3 Å². The van der Waals surface area contributed by atoms with E-state index in [9.17, 15) is 8.42 Å². The van der Waals surface area contributed by atoms with Crippen molar-refractivity contribution in [2.24, 2.45) is 0 Å². The Morgan fingerprint density at radius 2 is 1.57 bits per heavy atom. The highest BCUT2D eigenvalue weighted by Crippen LogP contribution is 2.05. The summed E-state index contributed by atoms with van der Waals surface area (Å²) in [5, 5.41) is 0. The maximum absolute atomic E-state index is 9.73. The van der Waals surface area contributed by atoms with Gasteiger partial charge in [0, 0.05) is 0 Å². The third kappa shape index (κ3) is 3.22. The fourth-order valence-electron chi connectivity index (χ4n) is 0. The quantitative estimate of drug-likeness (QED) is 0.288. The van der Waals surface area contributed by atoms with E-state index in [1.165, 1.54) is 0 Å². The lowest BCUT2D eigenvalue weighted by Crippen LogP contribution is -2.05. The molecule has 0 radical (unpaired) electrons. The molecule has 0 aliphatic carbocycles. The van der Waals surface area contributed by atoms with Crippen molar-refractivity contribution in [1.29, 1.82) is 0 Å². The highest BCUT2D eigenvalue weighted by Gasteiger charge is 2.10. The zero-order chi connectivity index (χ0) is 6.08. The lowest BCUT2D eigenvalue weighted by atomic mass is 11.9. The van der Waals surface area contributed by atoms with Gasteiger partial charge >= 0.3 is 0 Å². The molecular formula is CH4O3S3. The predicted octanol–water partition coefficient (Wildman–Crippen LogP) is 0.0174. The van der Waals surface area contributed by atoms with Crippen LogP contribution in [0.25, 0.3) is 0 Å². The Labute approximate surface area is 52.7 Å². The van der Waals surface area contributed by atoms with Crippen LogP contribution in [0.4, 0.5) is 0 Å². The van der Waals surface area contributed by atoms with Gasteiger partial charge in [0.15, 0.2) is 3.91 Å². The van der Waals surface area contributed by atoms with Gasteiger partial charge in [-0.05, 0) is 0 Å². The van der Waals surface area contributed by atoms with Gasteiger partial charge < -0.3 is 0 Å². The molecule has 0 unspecified atom stereocenters. The second-order valence-electron chi connectivity index (χ2n) is 0.841. The maximum Gasteiger partial charge on any atom is 0.286 e. The van der Waals surface area contributed by atoms with E-state index < -0.39 is 14.0 Å². The second-order valence-corrected chi connectivity index (χ2v) is 4.48. The first-order valence-corrected chi connectivity index (χ1v) is 3.80. The monoisotopic (exact) mass is 160 g/mol. The summed E-state index contributed by atoms with van der Waals surface area (Å²) in [6.07, 6.45) is 0. The SMILES string of the molecule is O=S(=O)(O)C(S)S. The van der Waals surface area contributed by atoms with E-state index in [0.717, 1.165) is 0 Å².